The van der Waals surface area contributed by atoms with E-state index in [0.717, 1.165) is 38.5 Å². The molecule has 1 atom stereocenters. The van der Waals surface area contributed by atoms with Crippen LogP contribution in [0.15, 0.2) is 22.3 Å². The van der Waals surface area contributed by atoms with E-state index < -0.39 is 0 Å². The number of nitrogens with zero attached hydrogens (tertiary/aromatic N) is 3. The molecule has 3 N–H and O–H groups in total. The van der Waals surface area contributed by atoms with E-state index in [4.69, 9.17) is 0 Å². The van der Waals surface area contributed by atoms with E-state index in [1.807, 2.05) is 25.2 Å². The Kier molecular flexibility index (Phi) is 6.85. The van der Waals surface area contributed by atoms with E-state index in [0.29, 0.717) is 24.2 Å². The lowest BCUT2D eigenvalue weighted by Gasteiger charge is -2.52. The van der Waals surface area contributed by atoms with Crippen molar-refractivity contribution in [2.24, 2.45) is 27.2 Å². The van der Waals surface area contributed by atoms with Gasteiger partial charge in [-0.2, -0.15) is 0 Å². The summed E-state index contributed by atoms with van der Waals surface area (Å²) in [6, 6.07) is 0.400. The first kappa shape index (κ1) is 21.6. The van der Waals surface area contributed by atoms with Gasteiger partial charge >= 0.3 is 0 Å². The van der Waals surface area contributed by atoms with Crippen LogP contribution in [0, 0.1) is 17.3 Å². The van der Waals surface area contributed by atoms with Gasteiger partial charge in [-0.15, -0.1) is 0 Å². The van der Waals surface area contributed by atoms with Crippen LogP contribution in [0.4, 0.5) is 0 Å². The van der Waals surface area contributed by atoms with E-state index in [1.165, 1.54) is 0 Å². The van der Waals surface area contributed by atoms with E-state index in [-0.39, 0.29) is 29.3 Å². The van der Waals surface area contributed by atoms with Crippen molar-refractivity contribution >= 4 is 24.5 Å². The molecule has 2 saturated heterocycles. The maximum absolute atomic E-state index is 12.8. The van der Waals surface area contributed by atoms with Gasteiger partial charge in [0.15, 0.2) is 0 Å². The van der Waals surface area contributed by atoms with Crippen LogP contribution in [0.3, 0.4) is 0 Å². The Balaban J connectivity index is 1.57. The van der Waals surface area contributed by atoms with Crippen molar-refractivity contribution in [1.29, 1.82) is 0 Å². The van der Waals surface area contributed by atoms with Crippen molar-refractivity contribution in [1.82, 2.24) is 21.1 Å². The molecule has 2 heterocycles. The van der Waals surface area contributed by atoms with Crippen molar-refractivity contribution in [3.05, 3.63) is 12.3 Å². The summed E-state index contributed by atoms with van der Waals surface area (Å²) >= 11 is 0. The summed E-state index contributed by atoms with van der Waals surface area (Å²) < 4.78 is 0. The number of amides is 2. The van der Waals surface area contributed by atoms with Crippen LogP contribution < -0.4 is 16.1 Å². The molecule has 2 aliphatic heterocycles. The highest BCUT2D eigenvalue weighted by molar-refractivity contribution is 5.99. The number of carbonyl (C=O) groups is 2. The summed E-state index contributed by atoms with van der Waals surface area (Å²) in [5, 5.41) is 7.99. The van der Waals surface area contributed by atoms with Crippen LogP contribution in [-0.4, -0.2) is 55.7 Å². The maximum atomic E-state index is 12.8. The summed E-state index contributed by atoms with van der Waals surface area (Å²) in [4.78, 5) is 33.2. The smallest absolute Gasteiger partial charge is 0.233 e. The molecule has 2 saturated carbocycles. The van der Waals surface area contributed by atoms with Crippen molar-refractivity contribution in [2.45, 2.75) is 64.0 Å². The molecule has 1 unspecified atom stereocenters. The molecule has 8 nitrogen and oxygen atoms in total. The summed E-state index contributed by atoms with van der Waals surface area (Å²) in [5.74, 6) is 1.22. The molecular weight excluding hydrogens is 368 g/mol. The number of hydrogen-bond acceptors (Lipinski definition) is 5. The first-order valence-electron chi connectivity index (χ1n) is 10.6. The molecule has 160 valence electrons. The number of imide groups is 1. The van der Waals surface area contributed by atoms with Gasteiger partial charge in [-0.05, 0) is 77.1 Å². The highest BCUT2D eigenvalue weighted by atomic mass is 16.2. The Labute approximate surface area is 173 Å². The summed E-state index contributed by atoms with van der Waals surface area (Å²) in [7, 11) is 3.84. The fourth-order valence-electron chi connectivity index (χ4n) is 4.89. The molecular formula is C21H34N6O2. The van der Waals surface area contributed by atoms with Gasteiger partial charge in [0.05, 0.1) is 5.41 Å². The number of rotatable bonds is 5. The Morgan fingerprint density at radius 1 is 1.34 bits per heavy atom. The van der Waals surface area contributed by atoms with Gasteiger partial charge in [-0.1, -0.05) is 0 Å². The molecule has 2 amide bonds. The van der Waals surface area contributed by atoms with Crippen LogP contribution in [0.2, 0.25) is 0 Å². The minimum absolute atomic E-state index is 0.0505. The largest absolute Gasteiger partial charge is 0.352 e. The van der Waals surface area contributed by atoms with E-state index in [9.17, 15) is 9.59 Å². The molecule has 4 fully saturated rings. The molecule has 0 radical (unpaired) electrons. The molecule has 4 rings (SSSR count). The maximum Gasteiger partial charge on any atom is 0.233 e. The van der Waals surface area contributed by atoms with Crippen LogP contribution in [0.25, 0.3) is 0 Å². The zero-order valence-electron chi connectivity index (χ0n) is 17.8. The third-order valence-electron chi connectivity index (χ3n) is 7.08. The van der Waals surface area contributed by atoms with Crippen LogP contribution in [0.5, 0.6) is 0 Å². The number of hydrazine groups is 1. The number of likely N-dealkylation sites (N-methyl/N-ethyl adjacent to an activating group) is 1. The molecule has 0 aromatic rings. The van der Waals surface area contributed by atoms with Crippen molar-refractivity contribution in [3.8, 4) is 0 Å². The van der Waals surface area contributed by atoms with Gasteiger partial charge in [0.2, 0.25) is 17.8 Å². The number of fused-ring (bicyclic) bond motifs is 3. The molecule has 4 aliphatic rings. The van der Waals surface area contributed by atoms with Crippen LogP contribution in [0.1, 0.15) is 51.9 Å². The molecule has 2 bridgehead atoms. The first-order chi connectivity index (χ1) is 13.9. The third kappa shape index (κ3) is 4.75. The minimum Gasteiger partial charge on any atom is -0.352 e. The normalized spacial score (nSPS) is 33.8. The van der Waals surface area contributed by atoms with Crippen LogP contribution >= 0.6 is 0 Å². The Morgan fingerprint density at radius 2 is 2.03 bits per heavy atom. The molecule has 1 spiro atoms. The summed E-state index contributed by atoms with van der Waals surface area (Å²) in [6.45, 7) is 5.68. The molecule has 2 aliphatic carbocycles. The highest BCUT2D eigenvalue weighted by Gasteiger charge is 2.54. The van der Waals surface area contributed by atoms with Gasteiger partial charge in [-0.3, -0.25) is 20.3 Å². The van der Waals surface area contributed by atoms with Crippen molar-refractivity contribution < 1.29 is 9.59 Å². The van der Waals surface area contributed by atoms with E-state index in [1.54, 1.807) is 6.20 Å². The summed E-state index contributed by atoms with van der Waals surface area (Å²) in [6.07, 6.45) is 9.56. The third-order valence-corrected chi connectivity index (χ3v) is 7.08. The number of nitrogens with one attached hydrogen (secondary N) is 3. The second kappa shape index (κ2) is 9.17. The standard InChI is InChI=1S/C21H34N6O2/c1-14(27(4)23-3)7-10-24-20(22-2)25-17-5-8-21(9-6-17)16-11-15(12-16)13-18(28)26-19(21)29/h7,10,14-17,23H,2,5-6,8-9,11-13H2,1,3-4H3,(H,24,25)(H,26,28,29)/b10-7-. The van der Waals surface area contributed by atoms with Gasteiger partial charge in [0.1, 0.15) is 0 Å². The number of hydrogen-bond donors (Lipinski definition) is 3. The summed E-state index contributed by atoms with van der Waals surface area (Å²) in [5.41, 5.74) is 2.68. The van der Waals surface area contributed by atoms with Gasteiger partial charge in [-0.25, -0.2) is 15.0 Å². The lowest BCUT2D eigenvalue weighted by atomic mass is 9.54. The van der Waals surface area contributed by atoms with E-state index >= 15 is 0 Å². The lowest BCUT2D eigenvalue weighted by molar-refractivity contribution is -0.150. The first-order valence-corrected chi connectivity index (χ1v) is 10.6. The van der Waals surface area contributed by atoms with Crippen molar-refractivity contribution in [2.75, 3.05) is 14.1 Å². The average Bonchev–Trinajstić information content (AvgIpc) is 2.68. The fourth-order valence-corrected chi connectivity index (χ4v) is 4.89. The van der Waals surface area contributed by atoms with Gasteiger partial charge < -0.3 is 5.32 Å². The quantitative estimate of drug-likeness (QED) is 0.281. The number of guanidine groups is 1. The zero-order chi connectivity index (χ0) is 21.0. The molecule has 29 heavy (non-hydrogen) atoms. The minimum atomic E-state index is -0.378. The second-order valence-electron chi connectivity index (χ2n) is 8.72. The van der Waals surface area contributed by atoms with Crippen molar-refractivity contribution in [3.63, 3.8) is 0 Å². The number of aliphatic imine (C=N–C) groups is 2. The Morgan fingerprint density at radius 3 is 2.66 bits per heavy atom. The Bertz CT molecular complexity index is 689. The lowest BCUT2D eigenvalue weighted by Crippen LogP contribution is -2.57. The Hall–Kier alpha value is -2.06. The van der Waals surface area contributed by atoms with Gasteiger partial charge in [0, 0.05) is 31.8 Å². The average molecular weight is 403 g/mol. The molecule has 8 heteroatoms. The second-order valence-corrected chi connectivity index (χ2v) is 8.72. The topological polar surface area (TPSA) is 98.2 Å². The fraction of sp³-hybridized carbons (Fsp3) is 0.714. The monoisotopic (exact) mass is 402 g/mol. The SMILES string of the molecule is C=N/C(=N\C=C/C(C)N(C)NC)NC1CCC2(CC1)C(=O)NC(=O)CC1CC2C1. The predicted octanol–water partition coefficient (Wildman–Crippen LogP) is 1.60. The molecule has 0 aromatic heterocycles. The predicted molar refractivity (Wildman–Crippen MR) is 114 cm³/mol. The van der Waals surface area contributed by atoms with Crippen LogP contribution in [-0.2, 0) is 9.59 Å². The van der Waals surface area contributed by atoms with Gasteiger partial charge in [0.25, 0.3) is 0 Å². The highest BCUT2D eigenvalue weighted by Crippen LogP contribution is 2.54. The van der Waals surface area contributed by atoms with E-state index in [2.05, 4.69) is 39.7 Å². The zero-order valence-corrected chi connectivity index (χ0v) is 17.8. The number of carbonyl (C=O) groups excluding carboxylic acids is 2. The molecule has 0 aromatic carbocycles.